The van der Waals surface area contributed by atoms with Crippen molar-refractivity contribution in [2.45, 2.75) is 20.4 Å². The molecule has 0 unspecified atom stereocenters. The van der Waals surface area contributed by atoms with Gasteiger partial charge in [0.15, 0.2) is 0 Å². The highest BCUT2D eigenvalue weighted by molar-refractivity contribution is 9.09. The Morgan fingerprint density at radius 2 is 2.00 bits per heavy atom. The third-order valence-corrected chi connectivity index (χ3v) is 3.27. The molecule has 96 valence electrons. The monoisotopic (exact) mass is 299 g/mol. The quantitative estimate of drug-likeness (QED) is 0.717. The van der Waals surface area contributed by atoms with E-state index in [1.165, 1.54) is 16.7 Å². The highest BCUT2D eigenvalue weighted by Gasteiger charge is 2.07. The molecule has 0 aromatic heterocycles. The number of hydrogen-bond acceptors (Lipinski definition) is 2. The van der Waals surface area contributed by atoms with Crippen LogP contribution in [0.1, 0.15) is 16.7 Å². The molecule has 0 N–H and O–H groups in total. The van der Waals surface area contributed by atoms with Crippen molar-refractivity contribution in [1.29, 1.82) is 0 Å². The lowest BCUT2D eigenvalue weighted by atomic mass is 10.1. The maximum Gasteiger partial charge on any atom is 0.0589 e. The summed E-state index contributed by atoms with van der Waals surface area (Å²) in [6.45, 7) is 8.15. The van der Waals surface area contributed by atoms with E-state index in [1.807, 2.05) is 0 Å². The first-order valence-electron chi connectivity index (χ1n) is 6.00. The maximum absolute atomic E-state index is 5.15. The summed E-state index contributed by atoms with van der Waals surface area (Å²) in [5.41, 5.74) is 4.12. The molecule has 2 nitrogen and oxygen atoms in total. The zero-order valence-corrected chi connectivity index (χ0v) is 12.6. The van der Waals surface area contributed by atoms with E-state index < -0.39 is 0 Å². The van der Waals surface area contributed by atoms with Crippen LogP contribution in [-0.2, 0) is 11.3 Å². The van der Waals surface area contributed by atoms with Gasteiger partial charge in [0.2, 0.25) is 0 Å². The van der Waals surface area contributed by atoms with Crippen molar-refractivity contribution in [3.63, 3.8) is 0 Å². The van der Waals surface area contributed by atoms with E-state index in [0.717, 1.165) is 31.6 Å². The number of nitrogens with zero attached hydrogens (tertiary/aromatic N) is 1. The maximum atomic E-state index is 5.15. The van der Waals surface area contributed by atoms with Crippen LogP contribution in [0.3, 0.4) is 0 Å². The number of rotatable bonds is 7. The van der Waals surface area contributed by atoms with Gasteiger partial charge in [-0.3, -0.25) is 4.90 Å². The highest BCUT2D eigenvalue weighted by Crippen LogP contribution is 2.13. The number of hydrogen-bond donors (Lipinski definition) is 0. The molecule has 0 saturated heterocycles. The molecule has 1 aromatic rings. The molecule has 1 rings (SSSR count). The Kier molecular flexibility index (Phi) is 6.78. The number of methoxy groups -OCH3 is 1. The van der Waals surface area contributed by atoms with Crippen LogP contribution in [-0.4, -0.2) is 37.0 Å². The number of ether oxygens (including phenoxy) is 1. The van der Waals surface area contributed by atoms with Gasteiger partial charge in [0.1, 0.15) is 0 Å². The topological polar surface area (TPSA) is 12.5 Å². The summed E-state index contributed by atoms with van der Waals surface area (Å²) in [6.07, 6.45) is 0. The largest absolute Gasteiger partial charge is 0.383 e. The molecule has 0 amide bonds. The van der Waals surface area contributed by atoms with Crippen LogP contribution in [0.5, 0.6) is 0 Å². The Morgan fingerprint density at radius 1 is 1.24 bits per heavy atom. The van der Waals surface area contributed by atoms with E-state index in [-0.39, 0.29) is 0 Å². The van der Waals surface area contributed by atoms with Crippen molar-refractivity contribution in [3.8, 4) is 0 Å². The van der Waals surface area contributed by atoms with Gasteiger partial charge in [0.25, 0.3) is 0 Å². The minimum Gasteiger partial charge on any atom is -0.383 e. The Morgan fingerprint density at radius 3 is 2.65 bits per heavy atom. The molecule has 0 aliphatic carbocycles. The first-order valence-corrected chi connectivity index (χ1v) is 7.13. The van der Waals surface area contributed by atoms with E-state index in [2.05, 4.69) is 52.9 Å². The Bertz CT molecular complexity index is 341. The van der Waals surface area contributed by atoms with Gasteiger partial charge in [-0.2, -0.15) is 0 Å². The zero-order chi connectivity index (χ0) is 12.7. The summed E-state index contributed by atoms with van der Waals surface area (Å²) in [5, 5.41) is 1.00. The minimum absolute atomic E-state index is 0.790. The van der Waals surface area contributed by atoms with Crippen LogP contribution in [0, 0.1) is 13.8 Å². The van der Waals surface area contributed by atoms with Crippen molar-refractivity contribution in [1.82, 2.24) is 4.90 Å². The predicted molar refractivity (Wildman–Crippen MR) is 76.9 cm³/mol. The predicted octanol–water partition coefficient (Wildman–Crippen LogP) is 3.15. The SMILES string of the molecule is COCCN(CCBr)Cc1cc(C)ccc1C. The van der Waals surface area contributed by atoms with Crippen molar-refractivity contribution >= 4 is 15.9 Å². The third kappa shape index (κ3) is 5.19. The molecular weight excluding hydrogens is 278 g/mol. The molecule has 17 heavy (non-hydrogen) atoms. The highest BCUT2D eigenvalue weighted by atomic mass is 79.9. The molecule has 0 atom stereocenters. The van der Waals surface area contributed by atoms with Crippen LogP contribution in [0.4, 0.5) is 0 Å². The second-order valence-electron chi connectivity index (χ2n) is 4.39. The summed E-state index contributed by atoms with van der Waals surface area (Å²) in [6, 6.07) is 6.65. The van der Waals surface area contributed by atoms with Crippen LogP contribution in [0.25, 0.3) is 0 Å². The van der Waals surface area contributed by atoms with Gasteiger partial charge in [0.05, 0.1) is 6.61 Å². The van der Waals surface area contributed by atoms with Crippen LogP contribution in [0.15, 0.2) is 18.2 Å². The third-order valence-electron chi connectivity index (χ3n) is 2.91. The van der Waals surface area contributed by atoms with Gasteiger partial charge in [0, 0.05) is 32.1 Å². The molecule has 0 aliphatic rings. The van der Waals surface area contributed by atoms with E-state index in [0.29, 0.717) is 0 Å². The molecular formula is C14H22BrNO. The average molecular weight is 300 g/mol. The molecule has 0 saturated carbocycles. The average Bonchev–Trinajstić information content (AvgIpc) is 2.31. The van der Waals surface area contributed by atoms with Crippen LogP contribution < -0.4 is 0 Å². The van der Waals surface area contributed by atoms with E-state index in [1.54, 1.807) is 7.11 Å². The molecule has 3 heteroatoms. The summed E-state index contributed by atoms with van der Waals surface area (Å²) in [4.78, 5) is 2.42. The van der Waals surface area contributed by atoms with E-state index in [9.17, 15) is 0 Å². The second-order valence-corrected chi connectivity index (χ2v) is 5.18. The lowest BCUT2D eigenvalue weighted by Crippen LogP contribution is -2.29. The lowest BCUT2D eigenvalue weighted by molar-refractivity contribution is 0.148. The number of alkyl halides is 1. The molecule has 0 spiro atoms. The second kappa shape index (κ2) is 7.85. The van der Waals surface area contributed by atoms with Crippen molar-refractivity contribution in [2.75, 3.05) is 32.1 Å². The number of benzene rings is 1. The van der Waals surface area contributed by atoms with Crippen molar-refractivity contribution in [2.24, 2.45) is 0 Å². The van der Waals surface area contributed by atoms with Gasteiger partial charge in [-0.1, -0.05) is 39.7 Å². The standard InChI is InChI=1S/C14H22BrNO/c1-12-4-5-13(2)14(10-12)11-16(7-6-15)8-9-17-3/h4-5,10H,6-9,11H2,1-3H3. The molecule has 0 aliphatic heterocycles. The first-order chi connectivity index (χ1) is 8.17. The lowest BCUT2D eigenvalue weighted by Gasteiger charge is -2.22. The summed E-state index contributed by atoms with van der Waals surface area (Å²) in [5.74, 6) is 0. The normalized spacial score (nSPS) is 11.1. The molecule has 0 bridgehead atoms. The van der Waals surface area contributed by atoms with Crippen LogP contribution >= 0.6 is 15.9 Å². The Hall–Kier alpha value is -0.380. The Balaban J connectivity index is 2.67. The summed E-state index contributed by atoms with van der Waals surface area (Å²) >= 11 is 3.51. The van der Waals surface area contributed by atoms with Crippen molar-refractivity contribution < 1.29 is 4.74 Å². The number of halogens is 1. The van der Waals surface area contributed by atoms with Crippen LogP contribution in [0.2, 0.25) is 0 Å². The molecule has 0 heterocycles. The van der Waals surface area contributed by atoms with Crippen molar-refractivity contribution in [3.05, 3.63) is 34.9 Å². The minimum atomic E-state index is 0.790. The smallest absolute Gasteiger partial charge is 0.0589 e. The van der Waals surface area contributed by atoms with Gasteiger partial charge >= 0.3 is 0 Å². The Labute approximate surface area is 113 Å². The van der Waals surface area contributed by atoms with E-state index >= 15 is 0 Å². The fraction of sp³-hybridized carbons (Fsp3) is 0.571. The number of aryl methyl sites for hydroxylation is 2. The fourth-order valence-electron chi connectivity index (χ4n) is 1.82. The zero-order valence-electron chi connectivity index (χ0n) is 11.0. The van der Waals surface area contributed by atoms with E-state index in [4.69, 9.17) is 4.74 Å². The summed E-state index contributed by atoms with van der Waals surface area (Å²) in [7, 11) is 1.75. The van der Waals surface area contributed by atoms with Gasteiger partial charge in [-0.15, -0.1) is 0 Å². The van der Waals surface area contributed by atoms with Gasteiger partial charge in [-0.25, -0.2) is 0 Å². The molecule has 0 fully saturated rings. The van der Waals surface area contributed by atoms with Gasteiger partial charge in [-0.05, 0) is 25.0 Å². The molecule has 1 aromatic carbocycles. The van der Waals surface area contributed by atoms with Gasteiger partial charge < -0.3 is 4.74 Å². The molecule has 0 radical (unpaired) electrons. The summed E-state index contributed by atoms with van der Waals surface area (Å²) < 4.78 is 5.15. The first kappa shape index (κ1) is 14.7. The fourth-order valence-corrected chi connectivity index (χ4v) is 2.32.